The molecule has 0 bridgehead atoms. The summed E-state index contributed by atoms with van der Waals surface area (Å²) in [5.74, 6) is 0.164. The summed E-state index contributed by atoms with van der Waals surface area (Å²) in [5, 5.41) is 22.8. The first kappa shape index (κ1) is 13.9. The Balaban J connectivity index is 2.60. The average Bonchev–Trinajstić information content (AvgIpc) is 2.30. The third-order valence-electron chi connectivity index (χ3n) is 2.34. The van der Waals surface area contributed by atoms with Crippen LogP contribution in [0.1, 0.15) is 12.5 Å². The van der Waals surface area contributed by atoms with E-state index in [0.717, 1.165) is 5.56 Å². The molecule has 0 radical (unpaired) electrons. The maximum atomic E-state index is 10.7. The summed E-state index contributed by atoms with van der Waals surface area (Å²) in [5.41, 5.74) is 0.715. The molecule has 0 aliphatic rings. The normalized spacial score (nSPS) is 12.4. The number of nitro groups is 1. The van der Waals surface area contributed by atoms with Gasteiger partial charge in [0.2, 0.25) is 0 Å². The fraction of sp³-hybridized carbons (Fsp3) is 0.455. The van der Waals surface area contributed by atoms with Gasteiger partial charge in [0.25, 0.3) is 5.69 Å². The Morgan fingerprint density at radius 2 is 2.29 bits per heavy atom. The Bertz CT molecular complexity index is 398. The molecule has 1 aromatic rings. The summed E-state index contributed by atoms with van der Waals surface area (Å²) >= 11 is 5.70. The maximum absolute atomic E-state index is 10.7. The van der Waals surface area contributed by atoms with Crippen molar-refractivity contribution in [1.82, 2.24) is 5.32 Å². The molecule has 0 spiro atoms. The van der Waals surface area contributed by atoms with E-state index in [1.807, 2.05) is 6.92 Å². The third-order valence-corrected chi connectivity index (χ3v) is 2.66. The SMILES string of the molecule is CC(CO)CNCc1ccc(Cl)c([N+](=O)[O-])c1. The molecule has 0 fully saturated rings. The van der Waals surface area contributed by atoms with E-state index in [-0.39, 0.29) is 23.2 Å². The smallest absolute Gasteiger partial charge is 0.288 e. The van der Waals surface area contributed by atoms with Crippen LogP contribution in [-0.2, 0) is 6.54 Å². The van der Waals surface area contributed by atoms with Crippen LogP contribution < -0.4 is 5.32 Å². The average molecular weight is 259 g/mol. The van der Waals surface area contributed by atoms with Gasteiger partial charge in [0, 0.05) is 25.8 Å². The van der Waals surface area contributed by atoms with Gasteiger partial charge in [-0.15, -0.1) is 0 Å². The molecule has 0 aliphatic carbocycles. The summed E-state index contributed by atoms with van der Waals surface area (Å²) in [6.45, 7) is 3.21. The predicted molar refractivity (Wildman–Crippen MR) is 66.1 cm³/mol. The van der Waals surface area contributed by atoms with Gasteiger partial charge in [-0.05, 0) is 17.5 Å². The number of hydrogen-bond donors (Lipinski definition) is 2. The summed E-state index contributed by atoms with van der Waals surface area (Å²) < 4.78 is 0. The monoisotopic (exact) mass is 258 g/mol. The highest BCUT2D eigenvalue weighted by atomic mass is 35.5. The predicted octanol–water partition coefficient (Wildman–Crippen LogP) is 1.97. The number of nitro benzene ring substituents is 1. The van der Waals surface area contributed by atoms with Crippen LogP contribution in [0.2, 0.25) is 5.02 Å². The van der Waals surface area contributed by atoms with Crippen molar-refractivity contribution in [2.24, 2.45) is 5.92 Å². The Morgan fingerprint density at radius 1 is 1.59 bits per heavy atom. The first-order chi connectivity index (χ1) is 8.04. The molecule has 94 valence electrons. The summed E-state index contributed by atoms with van der Waals surface area (Å²) in [6.07, 6.45) is 0. The zero-order valence-electron chi connectivity index (χ0n) is 9.52. The number of hydrogen-bond acceptors (Lipinski definition) is 4. The second-order valence-corrected chi connectivity index (χ2v) is 4.37. The molecule has 0 saturated carbocycles. The van der Waals surface area contributed by atoms with Crippen LogP contribution in [-0.4, -0.2) is 23.2 Å². The standard InChI is InChI=1S/C11H15ClN2O3/c1-8(7-15)5-13-6-9-2-3-10(12)11(4-9)14(16)17/h2-4,8,13,15H,5-7H2,1H3. The van der Waals surface area contributed by atoms with Crippen molar-refractivity contribution < 1.29 is 10.0 Å². The minimum atomic E-state index is -0.498. The van der Waals surface area contributed by atoms with Crippen LogP contribution in [0.25, 0.3) is 0 Å². The lowest BCUT2D eigenvalue weighted by atomic mass is 10.1. The van der Waals surface area contributed by atoms with Crippen molar-refractivity contribution in [1.29, 1.82) is 0 Å². The summed E-state index contributed by atoms with van der Waals surface area (Å²) in [7, 11) is 0. The molecule has 0 saturated heterocycles. The molecule has 0 heterocycles. The van der Waals surface area contributed by atoms with Crippen molar-refractivity contribution >= 4 is 17.3 Å². The number of halogens is 1. The highest BCUT2D eigenvalue weighted by Gasteiger charge is 2.12. The number of rotatable bonds is 6. The van der Waals surface area contributed by atoms with Gasteiger partial charge in [-0.1, -0.05) is 24.6 Å². The van der Waals surface area contributed by atoms with E-state index in [2.05, 4.69) is 5.32 Å². The Hall–Kier alpha value is -1.17. The summed E-state index contributed by atoms with van der Waals surface area (Å²) in [6, 6.07) is 4.72. The van der Waals surface area contributed by atoms with Gasteiger partial charge in [0.05, 0.1) is 4.92 Å². The van der Waals surface area contributed by atoms with E-state index < -0.39 is 4.92 Å². The van der Waals surface area contributed by atoms with Gasteiger partial charge >= 0.3 is 0 Å². The van der Waals surface area contributed by atoms with Gasteiger partial charge in [-0.2, -0.15) is 0 Å². The van der Waals surface area contributed by atoms with Crippen molar-refractivity contribution in [3.05, 3.63) is 38.9 Å². The molecule has 2 N–H and O–H groups in total. The van der Waals surface area contributed by atoms with E-state index in [1.54, 1.807) is 6.07 Å². The topological polar surface area (TPSA) is 75.4 Å². The van der Waals surface area contributed by atoms with Gasteiger partial charge < -0.3 is 10.4 Å². The van der Waals surface area contributed by atoms with Crippen LogP contribution in [0.5, 0.6) is 0 Å². The van der Waals surface area contributed by atoms with Crippen LogP contribution in [0.3, 0.4) is 0 Å². The fourth-order valence-corrected chi connectivity index (χ4v) is 1.52. The van der Waals surface area contributed by atoms with Gasteiger partial charge in [-0.3, -0.25) is 10.1 Å². The number of aliphatic hydroxyl groups excluding tert-OH is 1. The molecule has 1 atom stereocenters. The Labute approximate surface area is 105 Å². The number of aliphatic hydroxyl groups is 1. The first-order valence-corrected chi connectivity index (χ1v) is 5.66. The van der Waals surface area contributed by atoms with E-state index in [1.165, 1.54) is 12.1 Å². The van der Waals surface area contributed by atoms with Crippen LogP contribution in [0.4, 0.5) is 5.69 Å². The zero-order chi connectivity index (χ0) is 12.8. The first-order valence-electron chi connectivity index (χ1n) is 5.29. The molecule has 5 nitrogen and oxygen atoms in total. The Morgan fingerprint density at radius 3 is 2.88 bits per heavy atom. The number of benzene rings is 1. The lowest BCUT2D eigenvalue weighted by molar-refractivity contribution is -0.384. The molecule has 6 heteroatoms. The van der Waals surface area contributed by atoms with Crippen molar-refractivity contribution in [2.75, 3.05) is 13.2 Å². The van der Waals surface area contributed by atoms with E-state index in [0.29, 0.717) is 13.1 Å². The lowest BCUT2D eigenvalue weighted by Gasteiger charge is -2.09. The van der Waals surface area contributed by atoms with E-state index in [9.17, 15) is 10.1 Å². The minimum Gasteiger partial charge on any atom is -0.396 e. The number of nitrogens with one attached hydrogen (secondary N) is 1. The molecular weight excluding hydrogens is 244 g/mol. The van der Waals surface area contributed by atoms with Crippen LogP contribution in [0.15, 0.2) is 18.2 Å². The highest BCUT2D eigenvalue weighted by molar-refractivity contribution is 6.32. The number of nitrogens with zero attached hydrogens (tertiary/aromatic N) is 1. The zero-order valence-corrected chi connectivity index (χ0v) is 10.3. The molecule has 0 aliphatic heterocycles. The van der Waals surface area contributed by atoms with Crippen LogP contribution >= 0.6 is 11.6 Å². The minimum absolute atomic E-state index is 0.0822. The highest BCUT2D eigenvalue weighted by Crippen LogP contribution is 2.24. The lowest BCUT2D eigenvalue weighted by Crippen LogP contribution is -2.22. The maximum Gasteiger partial charge on any atom is 0.288 e. The van der Waals surface area contributed by atoms with E-state index >= 15 is 0 Å². The van der Waals surface area contributed by atoms with Crippen molar-refractivity contribution in [2.45, 2.75) is 13.5 Å². The Kier molecular flexibility index (Phi) is 5.34. The van der Waals surface area contributed by atoms with Gasteiger partial charge in [0.15, 0.2) is 0 Å². The molecule has 1 rings (SSSR count). The molecular formula is C11H15ClN2O3. The molecule has 0 aromatic heterocycles. The third kappa shape index (κ3) is 4.30. The second-order valence-electron chi connectivity index (χ2n) is 3.96. The van der Waals surface area contributed by atoms with Gasteiger partial charge in [0.1, 0.15) is 5.02 Å². The van der Waals surface area contributed by atoms with Crippen molar-refractivity contribution in [3.8, 4) is 0 Å². The quantitative estimate of drug-likeness (QED) is 0.604. The van der Waals surface area contributed by atoms with Gasteiger partial charge in [-0.25, -0.2) is 0 Å². The largest absolute Gasteiger partial charge is 0.396 e. The summed E-state index contributed by atoms with van der Waals surface area (Å²) in [4.78, 5) is 10.2. The molecule has 0 amide bonds. The van der Waals surface area contributed by atoms with E-state index in [4.69, 9.17) is 16.7 Å². The molecule has 17 heavy (non-hydrogen) atoms. The molecule has 1 unspecified atom stereocenters. The van der Waals surface area contributed by atoms with Crippen molar-refractivity contribution in [3.63, 3.8) is 0 Å². The fourth-order valence-electron chi connectivity index (χ4n) is 1.34. The van der Waals surface area contributed by atoms with Crippen LogP contribution in [0, 0.1) is 16.0 Å². The molecule has 1 aromatic carbocycles. The second kappa shape index (κ2) is 6.54.